The molecule has 0 bridgehead atoms. The number of rotatable bonds is 3. The van der Waals surface area contributed by atoms with E-state index >= 15 is 0 Å². The number of carbonyl (C=O) groups is 2. The Bertz CT molecular complexity index is 730. The van der Waals surface area contributed by atoms with Crippen LogP contribution in [0.3, 0.4) is 0 Å². The molecule has 0 radical (unpaired) electrons. The van der Waals surface area contributed by atoms with Gasteiger partial charge < -0.3 is 9.47 Å². The number of thioether (sulfide) groups is 1. The number of amides is 1. The molecule has 8 heteroatoms. The summed E-state index contributed by atoms with van der Waals surface area (Å²) < 4.78 is 11.0. The van der Waals surface area contributed by atoms with Gasteiger partial charge in [-0.15, -0.1) is 0 Å². The zero-order valence-corrected chi connectivity index (χ0v) is 15.4. The van der Waals surface area contributed by atoms with Crippen LogP contribution in [0.5, 0.6) is 11.5 Å². The van der Waals surface area contributed by atoms with Crippen molar-refractivity contribution in [3.63, 3.8) is 0 Å². The lowest BCUT2D eigenvalue weighted by molar-refractivity contribution is -0.132. The molecule has 1 fully saturated rings. The normalized spacial score (nSPS) is 18.0. The van der Waals surface area contributed by atoms with Gasteiger partial charge in [0, 0.05) is 21.0 Å². The first-order valence-electron chi connectivity index (χ1n) is 6.57. The van der Waals surface area contributed by atoms with Crippen molar-refractivity contribution in [3.05, 3.63) is 27.1 Å². The smallest absolute Gasteiger partial charge is 0.308 e. The Balaban J connectivity index is 2.42. The highest BCUT2D eigenvalue weighted by molar-refractivity contribution is 9.10. The summed E-state index contributed by atoms with van der Waals surface area (Å²) in [5.74, 6) is 0.145. The summed E-state index contributed by atoms with van der Waals surface area (Å²) in [5.41, 5.74) is 0.742. The van der Waals surface area contributed by atoms with Crippen molar-refractivity contribution >= 4 is 50.8 Å². The topological polar surface area (TPSA) is 68.2 Å². The van der Waals surface area contributed by atoms with E-state index in [1.54, 1.807) is 32.3 Å². The van der Waals surface area contributed by atoms with Crippen molar-refractivity contribution < 1.29 is 19.1 Å². The largest absolute Gasteiger partial charge is 0.493 e. The Morgan fingerprint density at radius 1 is 1.43 bits per heavy atom. The van der Waals surface area contributed by atoms with Gasteiger partial charge in [-0.3, -0.25) is 19.5 Å². The van der Waals surface area contributed by atoms with E-state index in [0.29, 0.717) is 26.0 Å². The first-order chi connectivity index (χ1) is 10.9. The lowest BCUT2D eigenvalue weighted by Gasteiger charge is -2.11. The number of nitrogens with zero attached hydrogens (tertiary/aromatic N) is 2. The van der Waals surface area contributed by atoms with E-state index in [4.69, 9.17) is 9.47 Å². The first-order valence-corrected chi connectivity index (χ1v) is 8.18. The maximum absolute atomic E-state index is 12.2. The second kappa shape index (κ2) is 7.18. The van der Waals surface area contributed by atoms with Gasteiger partial charge in [0.15, 0.2) is 16.7 Å². The Labute approximate surface area is 146 Å². The van der Waals surface area contributed by atoms with Crippen molar-refractivity contribution in [2.24, 2.45) is 4.99 Å². The summed E-state index contributed by atoms with van der Waals surface area (Å²) in [6.45, 7) is 1.32. The molecule has 0 saturated carbocycles. The van der Waals surface area contributed by atoms with Gasteiger partial charge in [0.1, 0.15) is 0 Å². The van der Waals surface area contributed by atoms with Gasteiger partial charge in [-0.25, -0.2) is 0 Å². The predicted molar refractivity (Wildman–Crippen MR) is 93.7 cm³/mol. The molecule has 1 aromatic carbocycles. The lowest BCUT2D eigenvalue weighted by Crippen LogP contribution is -2.23. The number of halogens is 1. The summed E-state index contributed by atoms with van der Waals surface area (Å²) in [5, 5.41) is 0.642. The minimum absolute atomic E-state index is 0.116. The molecule has 1 aliphatic heterocycles. The van der Waals surface area contributed by atoms with Crippen molar-refractivity contribution in [1.82, 2.24) is 4.90 Å². The fraction of sp³-hybridized carbons (Fsp3) is 0.267. The van der Waals surface area contributed by atoms with E-state index in [0.717, 1.165) is 5.56 Å². The van der Waals surface area contributed by atoms with Crippen molar-refractivity contribution in [3.8, 4) is 11.5 Å². The van der Waals surface area contributed by atoms with Gasteiger partial charge in [0.05, 0.1) is 16.5 Å². The van der Waals surface area contributed by atoms with Crippen LogP contribution in [0.1, 0.15) is 12.5 Å². The van der Waals surface area contributed by atoms with Crippen LogP contribution in [0.25, 0.3) is 6.08 Å². The molecule has 0 aromatic heterocycles. The number of hydrogen-bond acceptors (Lipinski definition) is 6. The van der Waals surface area contributed by atoms with E-state index in [9.17, 15) is 9.59 Å². The summed E-state index contributed by atoms with van der Waals surface area (Å²) in [7, 11) is 4.80. The highest BCUT2D eigenvalue weighted by Crippen LogP contribution is 2.39. The number of methoxy groups -OCH3 is 1. The monoisotopic (exact) mass is 398 g/mol. The zero-order valence-electron chi connectivity index (χ0n) is 13.0. The van der Waals surface area contributed by atoms with Crippen molar-refractivity contribution in [2.75, 3.05) is 21.2 Å². The highest BCUT2D eigenvalue weighted by atomic mass is 79.9. The molecule has 23 heavy (non-hydrogen) atoms. The molecule has 0 atom stereocenters. The second-order valence-corrected chi connectivity index (χ2v) is 6.47. The Morgan fingerprint density at radius 3 is 2.65 bits per heavy atom. The van der Waals surface area contributed by atoms with Gasteiger partial charge in [-0.05, 0) is 51.5 Å². The number of carbonyl (C=O) groups excluding carboxylic acids is 2. The number of likely N-dealkylation sites (N-methyl/N-ethyl adjacent to an activating group) is 1. The number of esters is 1. The maximum Gasteiger partial charge on any atom is 0.308 e. The number of ether oxygens (including phenoxy) is 2. The van der Waals surface area contributed by atoms with Crippen molar-refractivity contribution in [2.45, 2.75) is 6.92 Å². The van der Waals surface area contributed by atoms with Gasteiger partial charge >= 0.3 is 5.97 Å². The molecule has 1 aromatic rings. The van der Waals surface area contributed by atoms with Gasteiger partial charge in [0.25, 0.3) is 5.91 Å². The quantitative estimate of drug-likeness (QED) is 0.444. The minimum Gasteiger partial charge on any atom is -0.493 e. The molecule has 0 spiro atoms. The van der Waals surface area contributed by atoms with E-state index < -0.39 is 5.97 Å². The van der Waals surface area contributed by atoms with Gasteiger partial charge in [0.2, 0.25) is 0 Å². The molecule has 6 nitrogen and oxygen atoms in total. The van der Waals surface area contributed by atoms with Crippen LogP contribution >= 0.6 is 27.7 Å². The summed E-state index contributed by atoms with van der Waals surface area (Å²) >= 11 is 4.66. The fourth-order valence-electron chi connectivity index (χ4n) is 1.97. The van der Waals surface area contributed by atoms with Crippen LogP contribution in [-0.4, -0.2) is 43.1 Å². The molecular weight excluding hydrogens is 384 g/mol. The summed E-state index contributed by atoms with van der Waals surface area (Å²) in [6, 6.07) is 3.45. The maximum atomic E-state index is 12.2. The van der Waals surface area contributed by atoms with Crippen LogP contribution in [0.4, 0.5) is 0 Å². The molecule has 0 N–H and O–H groups in total. The SMILES string of the molecule is CN=C1SC(=Cc2cc(Br)c(OC(C)=O)c(OC)c2)C(=O)N1C. The van der Waals surface area contributed by atoms with Crippen LogP contribution in [0.2, 0.25) is 0 Å². The third-order valence-corrected chi connectivity index (χ3v) is 4.73. The zero-order chi connectivity index (χ0) is 17.1. The molecule has 1 aliphatic rings. The number of aliphatic imine (C=N–C) groups is 1. The van der Waals surface area contributed by atoms with E-state index in [-0.39, 0.29) is 5.91 Å². The van der Waals surface area contributed by atoms with Crippen LogP contribution < -0.4 is 9.47 Å². The average molecular weight is 399 g/mol. The fourth-order valence-corrected chi connectivity index (χ4v) is 3.43. The number of amidine groups is 1. The van der Waals surface area contributed by atoms with E-state index in [2.05, 4.69) is 20.9 Å². The van der Waals surface area contributed by atoms with E-state index in [1.807, 2.05) is 0 Å². The molecular formula is C15H15BrN2O4S. The molecule has 0 aliphatic carbocycles. The second-order valence-electron chi connectivity index (χ2n) is 4.61. The molecule has 1 amide bonds. The lowest BCUT2D eigenvalue weighted by atomic mass is 10.2. The number of hydrogen-bond donors (Lipinski definition) is 0. The average Bonchev–Trinajstić information content (AvgIpc) is 2.77. The van der Waals surface area contributed by atoms with Crippen LogP contribution in [0, 0.1) is 0 Å². The Kier molecular flexibility index (Phi) is 5.48. The van der Waals surface area contributed by atoms with Crippen LogP contribution in [-0.2, 0) is 9.59 Å². The minimum atomic E-state index is -0.443. The molecule has 122 valence electrons. The third-order valence-electron chi connectivity index (χ3n) is 2.99. The standard InChI is InChI=1S/C15H15BrN2O4S/c1-8(19)22-13-10(16)5-9(6-11(13)21-4)7-12-14(20)18(3)15(17-2)23-12/h5-7H,1-4H3. The predicted octanol–water partition coefficient (Wildman–Crippen LogP) is 2.91. The molecule has 1 saturated heterocycles. The summed E-state index contributed by atoms with van der Waals surface area (Å²) in [4.78, 5) is 29.5. The van der Waals surface area contributed by atoms with E-state index in [1.165, 1.54) is 30.7 Å². The Morgan fingerprint density at radius 2 is 2.13 bits per heavy atom. The van der Waals surface area contributed by atoms with Crippen molar-refractivity contribution in [1.29, 1.82) is 0 Å². The molecule has 2 rings (SSSR count). The third kappa shape index (κ3) is 3.76. The molecule has 1 heterocycles. The van der Waals surface area contributed by atoms with Crippen LogP contribution in [0.15, 0.2) is 26.5 Å². The number of benzene rings is 1. The first kappa shape index (κ1) is 17.6. The highest BCUT2D eigenvalue weighted by Gasteiger charge is 2.29. The molecule has 0 unspecified atom stereocenters. The van der Waals surface area contributed by atoms with Gasteiger partial charge in [-0.1, -0.05) is 0 Å². The Hall–Kier alpha value is -1.80. The summed E-state index contributed by atoms with van der Waals surface area (Å²) in [6.07, 6.45) is 1.74. The van der Waals surface area contributed by atoms with Gasteiger partial charge in [-0.2, -0.15) is 0 Å².